The van der Waals surface area contributed by atoms with E-state index in [2.05, 4.69) is 22.2 Å². The molecule has 6 heteroatoms. The van der Waals surface area contributed by atoms with Crippen LogP contribution in [0.15, 0.2) is 43.0 Å². The monoisotopic (exact) mass is 316 g/mol. The van der Waals surface area contributed by atoms with Gasteiger partial charge in [0.25, 0.3) is 5.91 Å². The molecule has 0 aliphatic heterocycles. The van der Waals surface area contributed by atoms with E-state index in [0.717, 1.165) is 17.3 Å². The SMILES string of the molecule is C[C@H](CCNC(=O)c1cc2cc(Cl)ccc2[nH]1)n1ccnc1. The predicted molar refractivity (Wildman–Crippen MR) is 87.2 cm³/mol. The van der Waals surface area contributed by atoms with E-state index in [4.69, 9.17) is 11.6 Å². The third-order valence-corrected chi connectivity index (χ3v) is 3.94. The molecule has 1 aromatic carbocycles. The highest BCUT2D eigenvalue weighted by Gasteiger charge is 2.10. The van der Waals surface area contributed by atoms with Gasteiger partial charge in [-0.2, -0.15) is 0 Å². The molecule has 5 nitrogen and oxygen atoms in total. The molecule has 22 heavy (non-hydrogen) atoms. The Kier molecular flexibility index (Phi) is 4.15. The first-order valence-corrected chi connectivity index (χ1v) is 7.55. The van der Waals surface area contributed by atoms with E-state index in [1.807, 2.05) is 29.0 Å². The number of aromatic amines is 1. The molecule has 3 rings (SSSR count). The van der Waals surface area contributed by atoms with Crippen molar-refractivity contribution in [2.24, 2.45) is 0 Å². The highest BCUT2D eigenvalue weighted by atomic mass is 35.5. The number of nitrogens with one attached hydrogen (secondary N) is 2. The van der Waals surface area contributed by atoms with Crippen LogP contribution in [0.5, 0.6) is 0 Å². The van der Waals surface area contributed by atoms with Crippen molar-refractivity contribution < 1.29 is 4.79 Å². The Bertz CT molecular complexity index is 779. The zero-order valence-corrected chi connectivity index (χ0v) is 13.0. The maximum absolute atomic E-state index is 12.2. The van der Waals surface area contributed by atoms with Gasteiger partial charge in [0.2, 0.25) is 0 Å². The van der Waals surface area contributed by atoms with Crippen LogP contribution in [0.3, 0.4) is 0 Å². The highest BCUT2D eigenvalue weighted by Crippen LogP contribution is 2.20. The largest absolute Gasteiger partial charge is 0.351 e. The van der Waals surface area contributed by atoms with Crippen LogP contribution in [0.2, 0.25) is 5.02 Å². The van der Waals surface area contributed by atoms with Crippen LogP contribution in [-0.4, -0.2) is 27.0 Å². The number of amides is 1. The van der Waals surface area contributed by atoms with Crippen LogP contribution in [0, 0.1) is 0 Å². The van der Waals surface area contributed by atoms with Gasteiger partial charge in [0.1, 0.15) is 5.69 Å². The van der Waals surface area contributed by atoms with Gasteiger partial charge in [-0.05, 0) is 37.6 Å². The van der Waals surface area contributed by atoms with E-state index >= 15 is 0 Å². The second kappa shape index (κ2) is 6.23. The van der Waals surface area contributed by atoms with Crippen molar-refractivity contribution >= 4 is 28.4 Å². The molecule has 0 aliphatic carbocycles. The van der Waals surface area contributed by atoms with Crippen molar-refractivity contribution in [1.82, 2.24) is 19.9 Å². The zero-order valence-electron chi connectivity index (χ0n) is 12.2. The number of H-pyrrole nitrogens is 1. The minimum Gasteiger partial charge on any atom is -0.351 e. The summed E-state index contributed by atoms with van der Waals surface area (Å²) in [7, 11) is 0. The Morgan fingerprint density at radius 1 is 1.45 bits per heavy atom. The molecule has 114 valence electrons. The van der Waals surface area contributed by atoms with Crippen molar-refractivity contribution in [2.45, 2.75) is 19.4 Å². The lowest BCUT2D eigenvalue weighted by atomic mass is 10.2. The normalized spacial score (nSPS) is 12.5. The number of carbonyl (C=O) groups is 1. The molecule has 0 saturated heterocycles. The predicted octanol–water partition coefficient (Wildman–Crippen LogP) is 3.40. The van der Waals surface area contributed by atoms with Crippen molar-refractivity contribution in [1.29, 1.82) is 0 Å². The first-order chi connectivity index (χ1) is 10.6. The minimum atomic E-state index is -0.106. The molecule has 1 amide bonds. The topological polar surface area (TPSA) is 62.7 Å². The molecule has 0 radical (unpaired) electrons. The van der Waals surface area contributed by atoms with Crippen LogP contribution in [0.25, 0.3) is 10.9 Å². The van der Waals surface area contributed by atoms with Crippen LogP contribution in [0.4, 0.5) is 0 Å². The van der Waals surface area contributed by atoms with E-state index < -0.39 is 0 Å². The first kappa shape index (κ1) is 14.7. The first-order valence-electron chi connectivity index (χ1n) is 7.17. The lowest BCUT2D eigenvalue weighted by molar-refractivity contribution is 0.0947. The molecular formula is C16H17ClN4O. The number of benzene rings is 1. The van der Waals surface area contributed by atoms with Gasteiger partial charge in [0, 0.05) is 40.9 Å². The zero-order chi connectivity index (χ0) is 15.5. The fourth-order valence-electron chi connectivity index (χ4n) is 2.39. The fourth-order valence-corrected chi connectivity index (χ4v) is 2.58. The molecule has 2 heterocycles. The lowest BCUT2D eigenvalue weighted by Crippen LogP contribution is -2.26. The number of halogens is 1. The van der Waals surface area contributed by atoms with Gasteiger partial charge in [0.15, 0.2) is 0 Å². The van der Waals surface area contributed by atoms with Gasteiger partial charge < -0.3 is 14.9 Å². The van der Waals surface area contributed by atoms with Gasteiger partial charge in [-0.1, -0.05) is 11.6 Å². The Hall–Kier alpha value is -2.27. The van der Waals surface area contributed by atoms with E-state index in [1.165, 1.54) is 0 Å². The number of hydrogen-bond donors (Lipinski definition) is 2. The van der Waals surface area contributed by atoms with Gasteiger partial charge in [0.05, 0.1) is 6.33 Å². The minimum absolute atomic E-state index is 0.106. The van der Waals surface area contributed by atoms with Crippen LogP contribution in [0.1, 0.15) is 29.9 Å². The summed E-state index contributed by atoms with van der Waals surface area (Å²) in [6.07, 6.45) is 6.31. The van der Waals surface area contributed by atoms with Gasteiger partial charge >= 0.3 is 0 Å². The van der Waals surface area contributed by atoms with E-state index in [1.54, 1.807) is 18.6 Å². The second-order valence-corrected chi connectivity index (χ2v) is 5.75. The average molecular weight is 317 g/mol. The summed E-state index contributed by atoms with van der Waals surface area (Å²) >= 11 is 5.95. The quantitative estimate of drug-likeness (QED) is 0.757. The molecule has 2 N–H and O–H groups in total. The summed E-state index contributed by atoms with van der Waals surface area (Å²) in [5.74, 6) is -0.106. The lowest BCUT2D eigenvalue weighted by Gasteiger charge is -2.13. The molecule has 1 atom stereocenters. The number of carbonyl (C=O) groups excluding carboxylic acids is 1. The summed E-state index contributed by atoms with van der Waals surface area (Å²) in [5, 5.41) is 4.52. The summed E-state index contributed by atoms with van der Waals surface area (Å²) in [5.41, 5.74) is 1.45. The molecule has 3 aromatic rings. The second-order valence-electron chi connectivity index (χ2n) is 5.32. The van der Waals surface area contributed by atoms with Crippen LogP contribution < -0.4 is 5.32 Å². The van der Waals surface area contributed by atoms with Crippen molar-refractivity contribution in [3.8, 4) is 0 Å². The van der Waals surface area contributed by atoms with Gasteiger partial charge in [-0.3, -0.25) is 4.79 Å². The van der Waals surface area contributed by atoms with Crippen LogP contribution in [-0.2, 0) is 0 Å². The number of aromatic nitrogens is 3. The number of nitrogens with zero attached hydrogens (tertiary/aromatic N) is 2. The van der Waals surface area contributed by atoms with Crippen molar-refractivity contribution in [3.63, 3.8) is 0 Å². The summed E-state index contributed by atoms with van der Waals surface area (Å²) < 4.78 is 2.02. The number of imidazole rings is 1. The Labute approximate surface area is 133 Å². The molecule has 2 aromatic heterocycles. The molecule has 0 fully saturated rings. The molecule has 0 saturated carbocycles. The van der Waals surface area contributed by atoms with Crippen LogP contribution >= 0.6 is 11.6 Å². The third kappa shape index (κ3) is 3.14. The fraction of sp³-hybridized carbons (Fsp3) is 0.250. The summed E-state index contributed by atoms with van der Waals surface area (Å²) in [6.45, 7) is 2.70. The van der Waals surface area contributed by atoms with Crippen molar-refractivity contribution in [3.05, 3.63) is 53.7 Å². The molecule has 0 bridgehead atoms. The molecule has 0 spiro atoms. The Morgan fingerprint density at radius 3 is 3.09 bits per heavy atom. The number of hydrogen-bond acceptors (Lipinski definition) is 2. The van der Waals surface area contributed by atoms with E-state index in [9.17, 15) is 4.79 Å². The van der Waals surface area contributed by atoms with Gasteiger partial charge in [-0.25, -0.2) is 4.98 Å². The number of rotatable bonds is 5. The maximum Gasteiger partial charge on any atom is 0.267 e. The number of fused-ring (bicyclic) bond motifs is 1. The van der Waals surface area contributed by atoms with E-state index in [-0.39, 0.29) is 5.91 Å². The van der Waals surface area contributed by atoms with E-state index in [0.29, 0.717) is 23.3 Å². The smallest absolute Gasteiger partial charge is 0.267 e. The summed E-state index contributed by atoms with van der Waals surface area (Å²) in [6, 6.07) is 7.62. The average Bonchev–Trinajstić information content (AvgIpc) is 3.15. The summed E-state index contributed by atoms with van der Waals surface area (Å²) in [4.78, 5) is 19.3. The standard InChI is InChI=1S/C16H17ClN4O/c1-11(21-7-6-18-10-21)4-5-19-16(22)15-9-12-8-13(17)2-3-14(12)20-15/h2-3,6-11,20H,4-5H2,1H3,(H,19,22)/t11-/m1/s1. The highest BCUT2D eigenvalue weighted by molar-refractivity contribution is 6.31. The molecule has 0 unspecified atom stereocenters. The van der Waals surface area contributed by atoms with Crippen molar-refractivity contribution in [2.75, 3.05) is 6.54 Å². The molecular weight excluding hydrogens is 300 g/mol. The molecule has 0 aliphatic rings. The third-order valence-electron chi connectivity index (χ3n) is 3.71. The Morgan fingerprint density at radius 2 is 2.32 bits per heavy atom. The Balaban J connectivity index is 1.59. The maximum atomic E-state index is 12.2. The van der Waals surface area contributed by atoms with Gasteiger partial charge in [-0.15, -0.1) is 0 Å².